The number of hydrogen-bond acceptors (Lipinski definition) is 6. The maximum atomic E-state index is 12.7. The maximum absolute atomic E-state index is 12.7. The Hall–Kier alpha value is -1.44. The zero-order valence-corrected chi connectivity index (χ0v) is 37.6. The van der Waals surface area contributed by atoms with Gasteiger partial charge in [0.2, 0.25) is 0 Å². The van der Waals surface area contributed by atoms with Gasteiger partial charge in [0.25, 0.3) is 0 Å². The number of phosphoric acid groups is 1. The van der Waals surface area contributed by atoms with Crippen molar-refractivity contribution in [1.82, 2.24) is 0 Å². The molecule has 324 valence electrons. The van der Waals surface area contributed by atoms with Crippen molar-refractivity contribution in [2.75, 3.05) is 47.5 Å². The molecule has 2 unspecified atom stereocenters. The number of esters is 1. The van der Waals surface area contributed by atoms with Crippen LogP contribution in [0, 0.1) is 0 Å². The molecule has 8 nitrogen and oxygen atoms in total. The minimum absolute atomic E-state index is 0.0464. The first-order valence-corrected chi connectivity index (χ1v) is 24.3. The molecule has 0 aromatic carbocycles. The summed E-state index contributed by atoms with van der Waals surface area (Å²) in [4.78, 5) is 22.9. The van der Waals surface area contributed by atoms with Crippen molar-refractivity contribution in [3.05, 3.63) is 36.6 Å². The van der Waals surface area contributed by atoms with E-state index in [1.807, 2.05) is 27.2 Å². The lowest BCUT2D eigenvalue weighted by atomic mass is 10.0. The number of likely N-dealkylation sites (N-methyl/N-ethyl adjacent to an activating group) is 1. The van der Waals surface area contributed by atoms with Crippen LogP contribution in [-0.4, -0.2) is 69.0 Å². The second-order valence-corrected chi connectivity index (χ2v) is 18.0. The molecule has 0 rings (SSSR count). The molecule has 0 aliphatic heterocycles. The molecule has 0 aliphatic carbocycles. The van der Waals surface area contributed by atoms with Gasteiger partial charge in [-0.15, -0.1) is 0 Å². The summed E-state index contributed by atoms with van der Waals surface area (Å²) in [6.45, 7) is 4.91. The van der Waals surface area contributed by atoms with E-state index in [4.69, 9.17) is 18.5 Å². The van der Waals surface area contributed by atoms with Gasteiger partial charge in [0.05, 0.1) is 34.0 Å². The highest BCUT2D eigenvalue weighted by Crippen LogP contribution is 2.43. The van der Waals surface area contributed by atoms with Crippen molar-refractivity contribution >= 4 is 13.8 Å². The number of allylic oxidation sites excluding steroid dienone is 5. The van der Waals surface area contributed by atoms with Gasteiger partial charge in [-0.1, -0.05) is 167 Å². The number of unbranched alkanes of at least 4 members (excludes halogenated alkanes) is 24. The fraction of sp³-hybridized carbons (Fsp3) is 0.848. The summed E-state index contributed by atoms with van der Waals surface area (Å²) in [5.74, 6) is -0.343. The number of phosphoric ester groups is 1. The molecule has 0 fully saturated rings. The minimum Gasteiger partial charge on any atom is -0.498 e. The third kappa shape index (κ3) is 43.5. The lowest BCUT2D eigenvalue weighted by molar-refractivity contribution is -0.870. The summed E-state index contributed by atoms with van der Waals surface area (Å²) in [6, 6.07) is 0. The standard InChI is InChI=1S/C46H88NO7P/c1-6-8-10-12-14-16-18-20-22-24-25-27-29-31-33-35-37-39-46(48)54-45(44-53-55(49,50)52-42-40-47(3,4)5)43-51-41-38-36-34-32-30-28-26-23-21-19-17-15-13-11-9-7-2/h14,16,20,22,38,41,45H,6-13,15,17-19,21,23-37,39-40,42-44H2,1-5H3/p+1/b16-14-,22-20-,41-38-. The van der Waals surface area contributed by atoms with Crippen LogP contribution in [0.1, 0.15) is 200 Å². The molecule has 9 heteroatoms. The average molecular weight is 799 g/mol. The molecule has 1 N–H and O–H groups in total. The second-order valence-electron chi connectivity index (χ2n) is 16.5. The Labute approximate surface area is 340 Å². The van der Waals surface area contributed by atoms with Gasteiger partial charge in [0.15, 0.2) is 6.10 Å². The van der Waals surface area contributed by atoms with E-state index in [-0.39, 0.29) is 25.8 Å². The predicted molar refractivity (Wildman–Crippen MR) is 233 cm³/mol. The van der Waals surface area contributed by atoms with Crippen LogP contribution in [0.5, 0.6) is 0 Å². The summed E-state index contributed by atoms with van der Waals surface area (Å²) < 4.78 is 34.8. The molecule has 0 amide bonds. The van der Waals surface area contributed by atoms with Crippen LogP contribution in [0.2, 0.25) is 0 Å². The third-order valence-corrected chi connectivity index (χ3v) is 10.8. The molecule has 0 aromatic heterocycles. The Morgan fingerprint density at radius 2 is 1.02 bits per heavy atom. The molecule has 0 aliphatic rings. The zero-order chi connectivity index (χ0) is 40.6. The fourth-order valence-electron chi connectivity index (χ4n) is 6.20. The van der Waals surface area contributed by atoms with Crippen molar-refractivity contribution in [3.8, 4) is 0 Å². The summed E-state index contributed by atoms with van der Waals surface area (Å²) >= 11 is 0. The van der Waals surface area contributed by atoms with Crippen molar-refractivity contribution in [2.45, 2.75) is 206 Å². The van der Waals surface area contributed by atoms with E-state index in [0.29, 0.717) is 17.4 Å². The summed E-state index contributed by atoms with van der Waals surface area (Å²) in [5, 5.41) is 0. The number of quaternary nitrogens is 1. The highest BCUT2D eigenvalue weighted by Gasteiger charge is 2.26. The molecule has 0 spiro atoms. The topological polar surface area (TPSA) is 91.3 Å². The quantitative estimate of drug-likeness (QED) is 0.0164. The van der Waals surface area contributed by atoms with Crippen LogP contribution in [0.25, 0.3) is 0 Å². The summed E-state index contributed by atoms with van der Waals surface area (Å²) in [5.41, 5.74) is 0. The van der Waals surface area contributed by atoms with E-state index < -0.39 is 13.9 Å². The first-order chi connectivity index (χ1) is 26.6. The molecular formula is C46H89NO7P+. The lowest BCUT2D eigenvalue weighted by Crippen LogP contribution is -2.37. The molecule has 0 saturated carbocycles. The number of ether oxygens (including phenoxy) is 2. The number of hydrogen-bond donors (Lipinski definition) is 1. The van der Waals surface area contributed by atoms with Gasteiger partial charge in [-0.2, -0.15) is 0 Å². The van der Waals surface area contributed by atoms with Crippen LogP contribution in [0.3, 0.4) is 0 Å². The first kappa shape index (κ1) is 53.6. The molecule has 0 heterocycles. The number of rotatable bonds is 42. The summed E-state index contributed by atoms with van der Waals surface area (Å²) in [7, 11) is 1.63. The number of nitrogens with zero attached hydrogens (tertiary/aromatic N) is 1. The van der Waals surface area contributed by atoms with Gasteiger partial charge in [0, 0.05) is 6.42 Å². The molecule has 55 heavy (non-hydrogen) atoms. The molecule has 0 bridgehead atoms. The van der Waals surface area contributed by atoms with Gasteiger partial charge < -0.3 is 18.9 Å². The van der Waals surface area contributed by atoms with Crippen molar-refractivity contribution in [2.24, 2.45) is 0 Å². The molecule has 0 saturated heterocycles. The Morgan fingerprint density at radius 1 is 0.582 bits per heavy atom. The molecule has 2 atom stereocenters. The minimum atomic E-state index is -4.29. The van der Waals surface area contributed by atoms with Crippen LogP contribution in [-0.2, 0) is 27.9 Å². The fourth-order valence-corrected chi connectivity index (χ4v) is 6.94. The monoisotopic (exact) mass is 799 g/mol. The van der Waals surface area contributed by atoms with E-state index >= 15 is 0 Å². The zero-order valence-electron chi connectivity index (χ0n) is 36.7. The van der Waals surface area contributed by atoms with E-state index in [1.54, 1.807) is 6.26 Å². The smallest absolute Gasteiger partial charge is 0.472 e. The van der Waals surface area contributed by atoms with Crippen molar-refractivity contribution < 1.29 is 37.3 Å². The Kier molecular flexibility index (Phi) is 38.4. The predicted octanol–water partition coefficient (Wildman–Crippen LogP) is 13.7. The van der Waals surface area contributed by atoms with Gasteiger partial charge in [-0.25, -0.2) is 4.57 Å². The van der Waals surface area contributed by atoms with Crippen LogP contribution < -0.4 is 0 Å². The largest absolute Gasteiger partial charge is 0.498 e. The van der Waals surface area contributed by atoms with Crippen molar-refractivity contribution in [3.63, 3.8) is 0 Å². The number of carbonyl (C=O) groups excluding carboxylic acids is 1. The Balaban J connectivity index is 4.27. The van der Waals surface area contributed by atoms with Crippen LogP contribution >= 0.6 is 7.82 Å². The third-order valence-electron chi connectivity index (χ3n) is 9.77. The van der Waals surface area contributed by atoms with Gasteiger partial charge in [-0.05, 0) is 57.4 Å². The van der Waals surface area contributed by atoms with E-state index in [1.165, 1.54) is 135 Å². The normalized spacial score (nSPS) is 14.0. The highest BCUT2D eigenvalue weighted by atomic mass is 31.2. The van der Waals surface area contributed by atoms with Crippen molar-refractivity contribution in [1.29, 1.82) is 0 Å². The van der Waals surface area contributed by atoms with Crippen LogP contribution in [0.4, 0.5) is 0 Å². The summed E-state index contributed by atoms with van der Waals surface area (Å²) in [6.07, 6.45) is 47.0. The Morgan fingerprint density at radius 3 is 1.53 bits per heavy atom. The maximum Gasteiger partial charge on any atom is 0.472 e. The van der Waals surface area contributed by atoms with Gasteiger partial charge in [-0.3, -0.25) is 13.8 Å². The van der Waals surface area contributed by atoms with Gasteiger partial charge >= 0.3 is 13.8 Å². The van der Waals surface area contributed by atoms with Crippen LogP contribution in [0.15, 0.2) is 36.6 Å². The van der Waals surface area contributed by atoms with E-state index in [2.05, 4.69) is 38.2 Å². The van der Waals surface area contributed by atoms with Gasteiger partial charge in [0.1, 0.15) is 19.8 Å². The average Bonchev–Trinajstić information content (AvgIpc) is 3.13. The van der Waals surface area contributed by atoms with E-state index in [0.717, 1.165) is 44.9 Å². The van der Waals surface area contributed by atoms with E-state index in [9.17, 15) is 14.3 Å². The Bertz CT molecular complexity index is 978. The molecule has 0 aromatic rings. The molecule has 0 radical (unpaired) electrons. The molecular weight excluding hydrogens is 709 g/mol. The highest BCUT2D eigenvalue weighted by molar-refractivity contribution is 7.47. The number of carbonyl (C=O) groups is 1. The lowest BCUT2D eigenvalue weighted by Gasteiger charge is -2.24. The SMILES string of the molecule is CCCCC/C=C\C/C=C\CCCCCCCCCC(=O)OC(CO/C=C\CCCCCCCCCCCCCCCC)COP(=O)(O)OCC[N+](C)(C)C. The second kappa shape index (κ2) is 39.4. The first-order valence-electron chi connectivity index (χ1n) is 22.8.